The van der Waals surface area contributed by atoms with Crippen LogP contribution in [0.5, 0.6) is 0 Å². The highest BCUT2D eigenvalue weighted by molar-refractivity contribution is 6.33. The van der Waals surface area contributed by atoms with Crippen molar-refractivity contribution in [1.29, 1.82) is 0 Å². The monoisotopic (exact) mass is 410 g/mol. The predicted octanol–water partition coefficient (Wildman–Crippen LogP) is 2.93. The predicted molar refractivity (Wildman–Crippen MR) is 114 cm³/mol. The highest BCUT2D eigenvalue weighted by atomic mass is 35.5. The number of nitrogens with two attached hydrogens (primary N) is 1. The molecule has 2 heterocycles. The molecule has 0 bridgehead atoms. The van der Waals surface area contributed by atoms with Crippen LogP contribution in [0.15, 0.2) is 77.4 Å². The van der Waals surface area contributed by atoms with Gasteiger partial charge in [-0.1, -0.05) is 54.1 Å². The first-order chi connectivity index (χ1) is 14.2. The quantitative estimate of drug-likeness (QED) is 0.679. The van der Waals surface area contributed by atoms with Crippen LogP contribution in [0.25, 0.3) is 0 Å². The number of hydrogen-bond donors (Lipinski definition) is 1. The summed E-state index contributed by atoms with van der Waals surface area (Å²) in [7, 11) is 0. The third-order valence-corrected chi connectivity index (χ3v) is 5.68. The number of para-hydroxylation sites is 1. The first-order valence-electron chi connectivity index (χ1n) is 9.91. The van der Waals surface area contributed by atoms with Gasteiger partial charge in [0, 0.05) is 31.7 Å². The van der Waals surface area contributed by atoms with Crippen molar-refractivity contribution in [3.8, 4) is 0 Å². The third kappa shape index (κ3) is 4.63. The van der Waals surface area contributed by atoms with Crippen LogP contribution in [0.2, 0.25) is 5.02 Å². The van der Waals surface area contributed by atoms with E-state index in [1.54, 1.807) is 6.26 Å². The van der Waals surface area contributed by atoms with Gasteiger partial charge in [-0.25, -0.2) is 0 Å². The summed E-state index contributed by atoms with van der Waals surface area (Å²) < 4.78 is 5.63. The van der Waals surface area contributed by atoms with Gasteiger partial charge in [0.2, 0.25) is 0 Å². The Hall–Kier alpha value is -2.76. The van der Waals surface area contributed by atoms with E-state index in [0.717, 1.165) is 35.1 Å². The molecular formula is C23H25ClN3O2+. The molecule has 5 nitrogen and oxygen atoms in total. The summed E-state index contributed by atoms with van der Waals surface area (Å²) in [5.74, 6) is 1.00. The van der Waals surface area contributed by atoms with Crippen molar-refractivity contribution < 1.29 is 14.5 Å². The number of anilines is 1. The maximum absolute atomic E-state index is 12.8. The van der Waals surface area contributed by atoms with Crippen molar-refractivity contribution in [1.82, 2.24) is 4.90 Å². The molecule has 3 aromatic rings. The number of nitrogens with zero attached hydrogens (tertiary/aromatic N) is 2. The minimum atomic E-state index is -0.0282. The van der Waals surface area contributed by atoms with Crippen molar-refractivity contribution in [2.24, 2.45) is 0 Å². The minimum Gasteiger partial charge on any atom is -0.463 e. The van der Waals surface area contributed by atoms with Crippen molar-refractivity contribution in [3.05, 3.63) is 89.3 Å². The number of hydrogen-bond acceptors (Lipinski definition) is 3. The van der Waals surface area contributed by atoms with E-state index in [1.165, 1.54) is 0 Å². The van der Waals surface area contributed by atoms with Gasteiger partial charge in [0.1, 0.15) is 0 Å². The van der Waals surface area contributed by atoms with Crippen LogP contribution < -0.4 is 10.2 Å². The van der Waals surface area contributed by atoms with E-state index in [9.17, 15) is 4.79 Å². The summed E-state index contributed by atoms with van der Waals surface area (Å²) in [5.41, 5.74) is 2.16. The lowest BCUT2D eigenvalue weighted by atomic mass is 10.0. The van der Waals surface area contributed by atoms with E-state index >= 15 is 0 Å². The molecule has 1 aliphatic heterocycles. The normalized spacial score (nSPS) is 15.3. The Bertz CT molecular complexity index is 922. The fourth-order valence-electron chi connectivity index (χ4n) is 3.80. The number of quaternary nitrogens is 1. The lowest BCUT2D eigenvalue weighted by molar-refractivity contribution is -0.679. The van der Waals surface area contributed by atoms with Crippen molar-refractivity contribution in [3.63, 3.8) is 0 Å². The van der Waals surface area contributed by atoms with Crippen LogP contribution in [-0.2, 0) is 4.79 Å². The van der Waals surface area contributed by atoms with Gasteiger partial charge in [-0.05, 0) is 24.3 Å². The smallest absolute Gasteiger partial charge is 0.277 e. The molecule has 0 spiro atoms. The fraction of sp³-hybridized carbons (Fsp3) is 0.261. The van der Waals surface area contributed by atoms with Gasteiger partial charge in [0.05, 0.1) is 17.0 Å². The number of amides is 1. The highest BCUT2D eigenvalue weighted by Gasteiger charge is 2.26. The number of rotatable bonds is 6. The Morgan fingerprint density at radius 1 is 0.966 bits per heavy atom. The largest absolute Gasteiger partial charge is 0.463 e. The van der Waals surface area contributed by atoms with Gasteiger partial charge >= 0.3 is 0 Å². The second-order valence-corrected chi connectivity index (χ2v) is 7.57. The van der Waals surface area contributed by atoms with Gasteiger partial charge < -0.3 is 19.5 Å². The Morgan fingerprint density at radius 2 is 1.69 bits per heavy atom. The van der Waals surface area contributed by atoms with E-state index in [2.05, 4.69) is 22.3 Å². The molecule has 1 fully saturated rings. The Kier molecular flexibility index (Phi) is 6.17. The van der Waals surface area contributed by atoms with Crippen molar-refractivity contribution >= 4 is 23.2 Å². The number of furan rings is 1. The van der Waals surface area contributed by atoms with E-state index in [0.29, 0.717) is 19.6 Å². The highest BCUT2D eigenvalue weighted by Crippen LogP contribution is 2.26. The summed E-state index contributed by atoms with van der Waals surface area (Å²) in [4.78, 5) is 17.0. The fourth-order valence-corrected chi connectivity index (χ4v) is 4.05. The molecule has 6 heteroatoms. The van der Waals surface area contributed by atoms with Crippen LogP contribution in [-0.4, -0.2) is 43.5 Å². The lowest BCUT2D eigenvalue weighted by Gasteiger charge is -2.36. The number of piperazine rings is 1. The summed E-state index contributed by atoms with van der Waals surface area (Å²) in [6.45, 7) is 3.36. The maximum Gasteiger partial charge on any atom is 0.277 e. The van der Waals surface area contributed by atoms with Crippen LogP contribution >= 0.6 is 11.6 Å². The zero-order valence-electron chi connectivity index (χ0n) is 16.2. The second-order valence-electron chi connectivity index (χ2n) is 7.16. The molecule has 29 heavy (non-hydrogen) atoms. The van der Waals surface area contributed by atoms with Gasteiger partial charge in [-0.2, -0.15) is 0 Å². The molecule has 1 aliphatic rings. The molecule has 2 N–H and O–H groups in total. The SMILES string of the molecule is O=C(C[NH2+][C@@H](c1ccccc1)c1ccco1)N1CCN(c2ccccc2Cl)CC1. The van der Waals surface area contributed by atoms with Crippen LogP contribution in [0, 0.1) is 0 Å². The van der Waals surface area contributed by atoms with E-state index in [-0.39, 0.29) is 11.9 Å². The summed E-state index contributed by atoms with van der Waals surface area (Å²) in [5, 5.41) is 2.81. The average Bonchev–Trinajstić information content (AvgIpc) is 3.30. The molecule has 0 saturated carbocycles. The number of benzene rings is 2. The lowest BCUT2D eigenvalue weighted by Crippen LogP contribution is -2.88. The van der Waals surface area contributed by atoms with E-state index in [4.69, 9.17) is 16.0 Å². The number of halogens is 1. The van der Waals surface area contributed by atoms with Gasteiger partial charge in [0.15, 0.2) is 18.3 Å². The molecule has 2 aromatic carbocycles. The van der Waals surface area contributed by atoms with Gasteiger partial charge in [-0.15, -0.1) is 0 Å². The maximum atomic E-state index is 12.8. The molecule has 1 amide bonds. The third-order valence-electron chi connectivity index (χ3n) is 5.36. The van der Waals surface area contributed by atoms with Crippen molar-refractivity contribution in [2.45, 2.75) is 6.04 Å². The zero-order chi connectivity index (χ0) is 20.1. The Balaban J connectivity index is 1.35. The summed E-state index contributed by atoms with van der Waals surface area (Å²) in [6.07, 6.45) is 1.68. The molecule has 1 atom stereocenters. The Labute approximate surface area is 175 Å². The van der Waals surface area contributed by atoms with Crippen LogP contribution in [0.4, 0.5) is 5.69 Å². The summed E-state index contributed by atoms with van der Waals surface area (Å²) in [6, 6.07) is 21.8. The van der Waals surface area contributed by atoms with E-state index in [1.807, 2.05) is 59.5 Å². The topological polar surface area (TPSA) is 53.3 Å². The van der Waals surface area contributed by atoms with Gasteiger partial charge in [0.25, 0.3) is 5.91 Å². The zero-order valence-corrected chi connectivity index (χ0v) is 17.0. The molecule has 150 valence electrons. The number of carbonyl (C=O) groups excluding carboxylic acids is 1. The summed E-state index contributed by atoms with van der Waals surface area (Å²) >= 11 is 6.31. The molecular weight excluding hydrogens is 386 g/mol. The van der Waals surface area contributed by atoms with Crippen molar-refractivity contribution in [2.75, 3.05) is 37.6 Å². The minimum absolute atomic E-state index is 0.0282. The Morgan fingerprint density at radius 3 is 2.38 bits per heavy atom. The molecule has 4 rings (SSSR count). The van der Waals surface area contributed by atoms with Gasteiger partial charge in [-0.3, -0.25) is 4.79 Å². The van der Waals surface area contributed by atoms with Crippen LogP contribution in [0.1, 0.15) is 17.4 Å². The number of carbonyl (C=O) groups is 1. The molecule has 0 radical (unpaired) electrons. The van der Waals surface area contributed by atoms with E-state index < -0.39 is 0 Å². The molecule has 0 unspecified atom stereocenters. The first kappa shape index (κ1) is 19.6. The molecule has 0 aliphatic carbocycles. The standard InChI is InChI=1S/C23H24ClN3O2/c24-19-9-4-5-10-20(19)26-12-14-27(15-13-26)22(28)17-25-23(21-11-6-16-29-21)18-7-2-1-3-8-18/h1-11,16,23,25H,12-15,17H2/p+1/t23-/m0/s1. The first-order valence-corrected chi connectivity index (χ1v) is 10.3. The molecule has 1 saturated heterocycles. The second kappa shape index (κ2) is 9.16. The average molecular weight is 411 g/mol. The van der Waals surface area contributed by atoms with Crippen LogP contribution in [0.3, 0.4) is 0 Å². The molecule has 1 aromatic heterocycles.